The Kier molecular flexibility index (Phi) is 9.72. The first-order valence-corrected chi connectivity index (χ1v) is 15.2. The number of amidine groups is 1. The van der Waals surface area contributed by atoms with Crippen molar-refractivity contribution in [1.29, 1.82) is 5.26 Å². The van der Waals surface area contributed by atoms with E-state index in [2.05, 4.69) is 38.1 Å². The summed E-state index contributed by atoms with van der Waals surface area (Å²) in [5.41, 5.74) is 4.50. The number of aliphatic imine (C=N–C) groups is 1. The monoisotopic (exact) mass is 647 g/mol. The van der Waals surface area contributed by atoms with E-state index in [0.717, 1.165) is 29.7 Å². The molecule has 46 heavy (non-hydrogen) atoms. The maximum absolute atomic E-state index is 12.8. The lowest BCUT2D eigenvalue weighted by Crippen LogP contribution is -2.33. The standard InChI is InChI=1S/C32H28F3N7O3S/c1-3-4-22-6-5-20(2)15-27(22)42-28(43)18-46-31(42)39-30(44)37-17-24(16-36)21-7-9-23(10-8-21)29-38-19-41(40-29)25-11-13-26(14-12-25)45-32(33,34)35/h5-15,19,24H,3-4,17-18H2,1-2H3,(H,37,44). The molecule has 5 rings (SSSR count). The number of nitrogens with one attached hydrogen (secondary N) is 1. The van der Waals surface area contributed by atoms with Crippen LogP contribution in [-0.2, 0) is 11.2 Å². The second-order valence-electron chi connectivity index (χ2n) is 10.3. The maximum atomic E-state index is 12.8. The number of hydrogen-bond acceptors (Lipinski definition) is 7. The summed E-state index contributed by atoms with van der Waals surface area (Å²) in [6.07, 6.45) is -1.67. The second-order valence-corrected chi connectivity index (χ2v) is 11.3. The number of anilines is 1. The summed E-state index contributed by atoms with van der Waals surface area (Å²) >= 11 is 1.19. The quantitative estimate of drug-likeness (QED) is 0.219. The fourth-order valence-corrected chi connectivity index (χ4v) is 5.64. The number of rotatable bonds is 9. The van der Waals surface area contributed by atoms with Gasteiger partial charge in [-0.2, -0.15) is 10.3 Å². The summed E-state index contributed by atoms with van der Waals surface area (Å²) in [4.78, 5) is 35.5. The molecule has 4 aromatic rings. The van der Waals surface area contributed by atoms with Crippen LogP contribution in [0.25, 0.3) is 17.1 Å². The average Bonchev–Trinajstić information content (AvgIpc) is 3.65. The highest BCUT2D eigenvalue weighted by atomic mass is 32.2. The van der Waals surface area contributed by atoms with Crippen molar-refractivity contribution in [3.05, 3.63) is 89.7 Å². The topological polar surface area (TPSA) is 126 Å². The van der Waals surface area contributed by atoms with E-state index < -0.39 is 18.3 Å². The summed E-state index contributed by atoms with van der Waals surface area (Å²) < 4.78 is 42.6. The first kappa shape index (κ1) is 32.2. The number of thioether (sulfide) groups is 1. The molecule has 1 aliphatic heterocycles. The fourth-order valence-electron chi connectivity index (χ4n) is 4.78. The van der Waals surface area contributed by atoms with Gasteiger partial charge in [-0.15, -0.1) is 18.3 Å². The van der Waals surface area contributed by atoms with E-state index in [-0.39, 0.29) is 24.0 Å². The van der Waals surface area contributed by atoms with E-state index in [1.54, 1.807) is 24.3 Å². The number of amides is 3. The van der Waals surface area contributed by atoms with Gasteiger partial charge in [0.1, 0.15) is 12.1 Å². The van der Waals surface area contributed by atoms with Crippen LogP contribution in [0.3, 0.4) is 0 Å². The van der Waals surface area contributed by atoms with Gasteiger partial charge in [-0.1, -0.05) is 61.5 Å². The van der Waals surface area contributed by atoms with Crippen LogP contribution >= 0.6 is 11.8 Å². The molecule has 0 aliphatic carbocycles. The molecule has 3 aromatic carbocycles. The molecule has 1 aromatic heterocycles. The number of urea groups is 1. The van der Waals surface area contributed by atoms with Crippen molar-refractivity contribution in [3.8, 4) is 28.9 Å². The lowest BCUT2D eigenvalue weighted by Gasteiger charge is -2.20. The number of aromatic nitrogens is 3. The van der Waals surface area contributed by atoms with Gasteiger partial charge in [0.2, 0.25) is 5.91 Å². The number of ether oxygens (including phenoxy) is 1. The minimum Gasteiger partial charge on any atom is -0.406 e. The zero-order valence-electron chi connectivity index (χ0n) is 24.8. The molecule has 1 unspecified atom stereocenters. The average molecular weight is 648 g/mol. The van der Waals surface area contributed by atoms with Crippen molar-refractivity contribution >= 4 is 34.6 Å². The molecule has 1 N–H and O–H groups in total. The van der Waals surface area contributed by atoms with Gasteiger partial charge in [0.05, 0.1) is 29.1 Å². The molecular weight excluding hydrogens is 619 g/mol. The van der Waals surface area contributed by atoms with Gasteiger partial charge in [-0.3, -0.25) is 9.69 Å². The SMILES string of the molecule is CCCc1ccc(C)cc1N1C(=O)CSC1=NC(=O)NCC(C#N)c1ccc(-c2ncn(-c3ccc(OC(F)(F)F)cc3)n2)cc1. The van der Waals surface area contributed by atoms with Crippen molar-refractivity contribution in [2.24, 2.45) is 4.99 Å². The Morgan fingerprint density at radius 2 is 1.89 bits per heavy atom. The minimum absolute atomic E-state index is 0.00344. The molecule has 0 radical (unpaired) electrons. The predicted octanol–water partition coefficient (Wildman–Crippen LogP) is 6.55. The largest absolute Gasteiger partial charge is 0.573 e. The minimum atomic E-state index is -4.78. The van der Waals surface area contributed by atoms with Gasteiger partial charge in [0.15, 0.2) is 11.0 Å². The molecular formula is C32H28F3N7O3S. The summed E-state index contributed by atoms with van der Waals surface area (Å²) in [6.45, 7) is 4.00. The van der Waals surface area contributed by atoms with Crippen molar-refractivity contribution in [1.82, 2.24) is 20.1 Å². The Balaban J connectivity index is 1.23. The highest BCUT2D eigenvalue weighted by Crippen LogP contribution is 2.31. The molecule has 1 atom stereocenters. The number of aryl methyl sites for hydroxylation is 2. The molecule has 1 saturated heterocycles. The van der Waals surface area contributed by atoms with E-state index in [9.17, 15) is 28.0 Å². The Hall–Kier alpha value is -5.16. The number of carbonyl (C=O) groups excluding carboxylic acids is 2. The molecule has 3 amide bonds. The highest BCUT2D eigenvalue weighted by Gasteiger charge is 2.32. The zero-order valence-corrected chi connectivity index (χ0v) is 25.6. The zero-order chi connectivity index (χ0) is 32.8. The fraction of sp³-hybridized carbons (Fsp3) is 0.250. The van der Waals surface area contributed by atoms with Crippen molar-refractivity contribution in [2.75, 3.05) is 17.2 Å². The number of carbonyl (C=O) groups is 2. The number of alkyl halides is 3. The van der Waals surface area contributed by atoms with E-state index >= 15 is 0 Å². The van der Waals surface area contributed by atoms with E-state index in [4.69, 9.17) is 0 Å². The lowest BCUT2D eigenvalue weighted by molar-refractivity contribution is -0.274. The van der Waals surface area contributed by atoms with Gasteiger partial charge in [-0.05, 0) is 60.4 Å². The Morgan fingerprint density at radius 1 is 1.15 bits per heavy atom. The third-order valence-corrected chi connectivity index (χ3v) is 7.90. The van der Waals surface area contributed by atoms with Crippen LogP contribution in [0.5, 0.6) is 5.75 Å². The van der Waals surface area contributed by atoms with Crippen molar-refractivity contribution < 1.29 is 27.5 Å². The predicted molar refractivity (Wildman–Crippen MR) is 168 cm³/mol. The highest BCUT2D eigenvalue weighted by molar-refractivity contribution is 8.15. The summed E-state index contributed by atoms with van der Waals surface area (Å²) in [5.74, 6) is -0.635. The first-order chi connectivity index (χ1) is 22.0. The van der Waals surface area contributed by atoms with Crippen LogP contribution in [0.1, 0.15) is 36.0 Å². The normalized spacial score (nSPS) is 14.7. The first-order valence-electron chi connectivity index (χ1n) is 14.2. The van der Waals surface area contributed by atoms with Crippen LogP contribution < -0.4 is 15.0 Å². The number of nitrogens with zero attached hydrogens (tertiary/aromatic N) is 6. The van der Waals surface area contributed by atoms with E-state index in [1.807, 2.05) is 25.1 Å². The van der Waals surface area contributed by atoms with Crippen LogP contribution in [-0.4, -0.2) is 50.5 Å². The summed E-state index contributed by atoms with van der Waals surface area (Å²) in [5, 5.41) is 17.2. The van der Waals surface area contributed by atoms with Crippen LogP contribution in [0, 0.1) is 18.3 Å². The molecule has 10 nitrogen and oxygen atoms in total. The van der Waals surface area contributed by atoms with E-state index in [0.29, 0.717) is 27.8 Å². The molecule has 2 heterocycles. The smallest absolute Gasteiger partial charge is 0.406 e. The Morgan fingerprint density at radius 3 is 2.57 bits per heavy atom. The molecule has 0 spiro atoms. The van der Waals surface area contributed by atoms with E-state index in [1.165, 1.54) is 51.9 Å². The third-order valence-electron chi connectivity index (χ3n) is 6.97. The molecule has 236 valence electrons. The molecule has 0 bridgehead atoms. The van der Waals surface area contributed by atoms with Crippen LogP contribution in [0.2, 0.25) is 0 Å². The van der Waals surface area contributed by atoms with Gasteiger partial charge >= 0.3 is 12.4 Å². The molecule has 1 aliphatic rings. The summed E-state index contributed by atoms with van der Waals surface area (Å²) in [6, 6.07) is 19.6. The van der Waals surface area contributed by atoms with Gasteiger partial charge in [0.25, 0.3) is 0 Å². The van der Waals surface area contributed by atoms with Gasteiger partial charge in [0, 0.05) is 12.1 Å². The molecule has 0 saturated carbocycles. The Labute approximate surface area is 266 Å². The molecule has 1 fully saturated rings. The van der Waals surface area contributed by atoms with Gasteiger partial charge < -0.3 is 10.1 Å². The van der Waals surface area contributed by atoms with Gasteiger partial charge in [-0.25, -0.2) is 14.5 Å². The summed E-state index contributed by atoms with van der Waals surface area (Å²) in [7, 11) is 0. The number of benzene rings is 3. The van der Waals surface area contributed by atoms with Crippen LogP contribution in [0.15, 0.2) is 78.0 Å². The number of hydrogen-bond donors (Lipinski definition) is 1. The Bertz CT molecular complexity index is 1800. The lowest BCUT2D eigenvalue weighted by atomic mass is 9.99. The number of halogens is 3. The maximum Gasteiger partial charge on any atom is 0.573 e. The molecule has 14 heteroatoms. The number of nitriles is 1. The second kappa shape index (κ2) is 13.9. The van der Waals surface area contributed by atoms with Crippen LogP contribution in [0.4, 0.5) is 23.7 Å². The van der Waals surface area contributed by atoms with Crippen molar-refractivity contribution in [2.45, 2.75) is 39.0 Å². The third kappa shape index (κ3) is 7.73. The van der Waals surface area contributed by atoms with Crippen molar-refractivity contribution in [3.63, 3.8) is 0 Å².